The summed E-state index contributed by atoms with van der Waals surface area (Å²) in [7, 11) is 0. The van der Waals surface area contributed by atoms with E-state index in [-0.39, 0.29) is 0 Å². The van der Waals surface area contributed by atoms with Crippen molar-refractivity contribution < 1.29 is 5.11 Å². The molecular formula is C27H30O. The fourth-order valence-corrected chi connectivity index (χ4v) is 5.02. The zero-order valence-electron chi connectivity index (χ0n) is 17.2. The third-order valence-corrected chi connectivity index (χ3v) is 6.14. The Kier molecular flexibility index (Phi) is 5.02. The Balaban J connectivity index is 0.000000142. The molecule has 2 aromatic rings. The lowest BCUT2D eigenvalue weighted by Crippen LogP contribution is -2.26. The van der Waals surface area contributed by atoms with E-state index in [0.717, 1.165) is 5.92 Å². The highest BCUT2D eigenvalue weighted by molar-refractivity contribution is 5.95. The van der Waals surface area contributed by atoms with Crippen LogP contribution in [0.5, 0.6) is 5.75 Å². The van der Waals surface area contributed by atoms with Crippen LogP contribution in [0.1, 0.15) is 51.5 Å². The Hall–Kier alpha value is -2.54. The standard InChI is InChI=1S/C15H22O.C12H8/c1-11-7-13(10-15(2,3)9-11)12-5-4-6-14(16)8-12;1-2-4-9(5-3-1)12-8-10-6-7-11(10)12/h4-6,8,11,13,16H,7,9-10H2,1-3H3;1-8H. The molecule has 1 fully saturated rings. The largest absolute Gasteiger partial charge is 0.508 e. The molecule has 0 bridgehead atoms. The van der Waals surface area contributed by atoms with Gasteiger partial charge < -0.3 is 5.11 Å². The monoisotopic (exact) mass is 370 g/mol. The van der Waals surface area contributed by atoms with Crippen molar-refractivity contribution in [3.63, 3.8) is 0 Å². The Labute approximate surface area is 169 Å². The lowest BCUT2D eigenvalue weighted by molar-refractivity contribution is 0.168. The number of benzene rings is 3. The summed E-state index contributed by atoms with van der Waals surface area (Å²) >= 11 is 0. The molecule has 1 N–H and O–H groups in total. The highest BCUT2D eigenvalue weighted by Gasteiger charge is 2.32. The molecule has 0 aliphatic heterocycles. The van der Waals surface area contributed by atoms with Crippen LogP contribution in [0, 0.1) is 11.3 Å². The molecule has 0 saturated heterocycles. The molecule has 3 aliphatic carbocycles. The summed E-state index contributed by atoms with van der Waals surface area (Å²) < 4.78 is 0. The SMILES string of the molecule is CC1CC(c2cccc(O)c2)CC(C)(C)C1.c1ccc(-c2cc3ccc2-3)cc1. The molecule has 2 aromatic carbocycles. The zero-order chi connectivity index (χ0) is 19.7. The number of hydrogen-bond acceptors (Lipinski definition) is 1. The predicted octanol–water partition coefficient (Wildman–Crippen LogP) is 7.66. The number of rotatable bonds is 2. The van der Waals surface area contributed by atoms with Crippen molar-refractivity contribution >= 4 is 0 Å². The maximum atomic E-state index is 9.54. The molecule has 28 heavy (non-hydrogen) atoms. The van der Waals surface area contributed by atoms with Crippen LogP contribution in [-0.2, 0) is 0 Å². The Morgan fingerprint density at radius 1 is 0.786 bits per heavy atom. The molecule has 5 rings (SSSR count). The van der Waals surface area contributed by atoms with Crippen molar-refractivity contribution in [2.24, 2.45) is 11.3 Å². The van der Waals surface area contributed by atoms with E-state index >= 15 is 0 Å². The van der Waals surface area contributed by atoms with Gasteiger partial charge in [0.2, 0.25) is 0 Å². The third-order valence-electron chi connectivity index (χ3n) is 6.14. The van der Waals surface area contributed by atoms with Crippen LogP contribution in [0.2, 0.25) is 0 Å². The van der Waals surface area contributed by atoms with E-state index in [2.05, 4.69) is 75.4 Å². The molecule has 144 valence electrons. The third kappa shape index (κ3) is 3.99. The van der Waals surface area contributed by atoms with Gasteiger partial charge in [-0.3, -0.25) is 0 Å². The molecule has 2 atom stereocenters. The topological polar surface area (TPSA) is 20.2 Å². The highest BCUT2D eigenvalue weighted by Crippen LogP contribution is 2.46. The first kappa shape index (κ1) is 18.8. The van der Waals surface area contributed by atoms with Gasteiger partial charge in [-0.05, 0) is 82.5 Å². The zero-order valence-corrected chi connectivity index (χ0v) is 17.2. The second-order valence-corrected chi connectivity index (χ2v) is 9.33. The number of fused-ring (bicyclic) bond motifs is 1. The van der Waals surface area contributed by atoms with Gasteiger partial charge in [0.15, 0.2) is 0 Å². The number of aromatic hydroxyl groups is 1. The maximum absolute atomic E-state index is 9.54. The summed E-state index contributed by atoms with van der Waals surface area (Å²) in [6.45, 7) is 7.06. The van der Waals surface area contributed by atoms with Gasteiger partial charge in [0.25, 0.3) is 0 Å². The molecule has 0 spiro atoms. The molecule has 1 heteroatoms. The Morgan fingerprint density at radius 2 is 1.57 bits per heavy atom. The first-order chi connectivity index (χ1) is 13.4. The first-order valence-corrected chi connectivity index (χ1v) is 10.4. The Morgan fingerprint density at radius 3 is 2.14 bits per heavy atom. The minimum atomic E-state index is 0.397. The number of hydrogen-bond donors (Lipinski definition) is 1. The van der Waals surface area contributed by atoms with E-state index in [4.69, 9.17) is 0 Å². The van der Waals surface area contributed by atoms with Gasteiger partial charge in [0.05, 0.1) is 0 Å². The van der Waals surface area contributed by atoms with Crippen LogP contribution in [0.3, 0.4) is 0 Å². The van der Waals surface area contributed by atoms with Crippen molar-refractivity contribution in [2.45, 2.75) is 46.0 Å². The fourth-order valence-electron chi connectivity index (χ4n) is 5.02. The van der Waals surface area contributed by atoms with Gasteiger partial charge in [-0.25, -0.2) is 0 Å². The van der Waals surface area contributed by atoms with Gasteiger partial charge in [0, 0.05) is 0 Å². The van der Waals surface area contributed by atoms with Crippen molar-refractivity contribution in [1.29, 1.82) is 0 Å². The van der Waals surface area contributed by atoms with Crippen LogP contribution in [0.4, 0.5) is 0 Å². The summed E-state index contributed by atoms with van der Waals surface area (Å²) in [4.78, 5) is 0. The second-order valence-electron chi connectivity index (χ2n) is 9.33. The number of phenolic OH excluding ortho intramolecular Hbond substituents is 1. The van der Waals surface area contributed by atoms with Crippen molar-refractivity contribution in [3.05, 3.63) is 78.4 Å². The van der Waals surface area contributed by atoms with Gasteiger partial charge in [-0.1, -0.05) is 75.4 Å². The van der Waals surface area contributed by atoms with E-state index in [1.54, 1.807) is 6.07 Å². The lowest BCUT2D eigenvalue weighted by atomic mass is 9.66. The molecule has 0 amide bonds. The predicted molar refractivity (Wildman–Crippen MR) is 119 cm³/mol. The molecule has 3 aliphatic rings. The quantitative estimate of drug-likeness (QED) is 0.384. The van der Waals surface area contributed by atoms with Crippen molar-refractivity contribution in [3.8, 4) is 28.0 Å². The van der Waals surface area contributed by atoms with Crippen molar-refractivity contribution in [1.82, 2.24) is 0 Å². The van der Waals surface area contributed by atoms with Gasteiger partial charge in [-0.2, -0.15) is 0 Å². The Bertz CT molecular complexity index is 949. The summed E-state index contributed by atoms with van der Waals surface area (Å²) in [5.74, 6) is 1.80. The van der Waals surface area contributed by atoms with Crippen LogP contribution in [0.25, 0.3) is 22.3 Å². The maximum Gasteiger partial charge on any atom is 0.115 e. The van der Waals surface area contributed by atoms with Crippen LogP contribution >= 0.6 is 0 Å². The van der Waals surface area contributed by atoms with Gasteiger partial charge in [0.1, 0.15) is 5.75 Å². The van der Waals surface area contributed by atoms with Gasteiger partial charge in [-0.15, -0.1) is 0 Å². The van der Waals surface area contributed by atoms with E-state index in [1.165, 1.54) is 47.1 Å². The second kappa shape index (κ2) is 7.47. The fraction of sp³-hybridized carbons (Fsp3) is 0.333. The average molecular weight is 371 g/mol. The highest BCUT2D eigenvalue weighted by atomic mass is 16.3. The molecule has 0 aromatic heterocycles. The van der Waals surface area contributed by atoms with E-state index in [1.807, 2.05) is 12.1 Å². The summed E-state index contributed by atoms with van der Waals surface area (Å²) in [6, 6.07) is 24.9. The smallest absolute Gasteiger partial charge is 0.115 e. The molecule has 1 saturated carbocycles. The average Bonchev–Trinajstić information content (AvgIpc) is 2.63. The molecular weight excluding hydrogens is 340 g/mol. The first-order valence-electron chi connectivity index (χ1n) is 10.4. The van der Waals surface area contributed by atoms with E-state index < -0.39 is 0 Å². The minimum absolute atomic E-state index is 0.397. The molecule has 1 nitrogen and oxygen atoms in total. The normalized spacial score (nSPS) is 21.4. The van der Waals surface area contributed by atoms with Gasteiger partial charge >= 0.3 is 0 Å². The number of phenols is 1. The summed E-state index contributed by atoms with van der Waals surface area (Å²) in [5, 5.41) is 9.54. The minimum Gasteiger partial charge on any atom is -0.508 e. The molecule has 0 radical (unpaired) electrons. The lowest BCUT2D eigenvalue weighted by Gasteiger charge is -2.39. The summed E-state index contributed by atoms with van der Waals surface area (Å²) in [6.07, 6.45) is 3.82. The van der Waals surface area contributed by atoms with Crippen LogP contribution in [-0.4, -0.2) is 5.11 Å². The van der Waals surface area contributed by atoms with Crippen LogP contribution < -0.4 is 0 Å². The molecule has 0 heterocycles. The summed E-state index contributed by atoms with van der Waals surface area (Å²) in [5.41, 5.74) is 7.32. The van der Waals surface area contributed by atoms with E-state index in [0.29, 0.717) is 17.1 Å². The molecule has 2 unspecified atom stereocenters. The van der Waals surface area contributed by atoms with E-state index in [9.17, 15) is 5.11 Å². The van der Waals surface area contributed by atoms with Crippen molar-refractivity contribution in [2.75, 3.05) is 0 Å². The van der Waals surface area contributed by atoms with Crippen LogP contribution in [0.15, 0.2) is 72.8 Å².